The van der Waals surface area contributed by atoms with Gasteiger partial charge in [0.1, 0.15) is 18.9 Å². The summed E-state index contributed by atoms with van der Waals surface area (Å²) < 4.78 is 4.32. The fraction of sp³-hybridized carbons (Fsp3) is 0.438. The van der Waals surface area contributed by atoms with E-state index in [1.807, 2.05) is 12.1 Å². The first-order valence-corrected chi connectivity index (χ1v) is 7.54. The van der Waals surface area contributed by atoms with Crippen molar-refractivity contribution in [2.45, 2.75) is 6.54 Å². The van der Waals surface area contributed by atoms with E-state index in [4.69, 9.17) is 5.73 Å². The minimum atomic E-state index is 0. The molecule has 0 amide bonds. The van der Waals surface area contributed by atoms with Crippen molar-refractivity contribution in [3.8, 4) is 0 Å². The molecule has 1 aromatic carbocycles. The molecule has 0 radical (unpaired) electrons. The van der Waals surface area contributed by atoms with Gasteiger partial charge in [0.15, 0.2) is 0 Å². The van der Waals surface area contributed by atoms with Crippen LogP contribution in [0.3, 0.4) is 0 Å². The Hall–Kier alpha value is -1.72. The largest absolute Gasteiger partial charge is 1.00 e. The number of anilines is 2. The van der Waals surface area contributed by atoms with Crippen molar-refractivity contribution in [2.75, 3.05) is 43.4 Å². The van der Waals surface area contributed by atoms with E-state index in [1.165, 1.54) is 5.69 Å². The molecule has 3 rings (SSSR count). The molecule has 1 fully saturated rings. The zero-order valence-corrected chi connectivity index (χ0v) is 13.8. The maximum Gasteiger partial charge on any atom is 0.243 e. The van der Waals surface area contributed by atoms with Gasteiger partial charge in [-0.05, 0) is 24.3 Å². The molecule has 1 aliphatic heterocycles. The molecule has 5 nitrogen and oxygen atoms in total. The lowest BCUT2D eigenvalue weighted by Crippen LogP contribution is -3.00. The standard InChI is InChI=1S/C16H24N5.ClH/c1-18-6-7-20(14-18)9-8-19-10-12-21(13-11-19)16-4-2-15(17)3-5-16;/h2-7,14H,8-13,17H2,1H3;1H/q+1;/p-1. The molecule has 0 saturated carbocycles. The third-order valence-electron chi connectivity index (χ3n) is 4.13. The topological polar surface area (TPSA) is 41.3 Å². The van der Waals surface area contributed by atoms with Crippen LogP contribution in [0.15, 0.2) is 43.0 Å². The van der Waals surface area contributed by atoms with Crippen LogP contribution in [0.25, 0.3) is 0 Å². The van der Waals surface area contributed by atoms with Crippen molar-refractivity contribution in [2.24, 2.45) is 7.05 Å². The number of hydrogen-bond acceptors (Lipinski definition) is 3. The lowest BCUT2D eigenvalue weighted by Gasteiger charge is -2.35. The van der Waals surface area contributed by atoms with Gasteiger partial charge in [0.25, 0.3) is 0 Å². The Bertz CT molecular complexity index is 572. The molecular formula is C16H24ClN5. The summed E-state index contributed by atoms with van der Waals surface area (Å²) in [6, 6.07) is 8.19. The highest BCUT2D eigenvalue weighted by atomic mass is 35.5. The second kappa shape index (κ2) is 7.51. The maximum atomic E-state index is 5.74. The van der Waals surface area contributed by atoms with E-state index in [2.05, 4.69) is 56.8 Å². The lowest BCUT2D eigenvalue weighted by molar-refractivity contribution is -0.671. The van der Waals surface area contributed by atoms with Crippen LogP contribution in [-0.4, -0.2) is 42.2 Å². The molecular weight excluding hydrogens is 298 g/mol. The van der Waals surface area contributed by atoms with E-state index >= 15 is 0 Å². The summed E-state index contributed by atoms with van der Waals surface area (Å²) in [6.07, 6.45) is 6.34. The predicted octanol–water partition coefficient (Wildman–Crippen LogP) is -2.28. The lowest BCUT2D eigenvalue weighted by atomic mass is 10.2. The van der Waals surface area contributed by atoms with Crippen molar-refractivity contribution < 1.29 is 17.0 Å². The number of halogens is 1. The van der Waals surface area contributed by atoms with Gasteiger partial charge >= 0.3 is 0 Å². The summed E-state index contributed by atoms with van der Waals surface area (Å²) >= 11 is 0. The normalized spacial score (nSPS) is 15.6. The van der Waals surface area contributed by atoms with E-state index in [9.17, 15) is 0 Å². The molecule has 2 heterocycles. The van der Waals surface area contributed by atoms with Crippen molar-refractivity contribution in [3.05, 3.63) is 43.0 Å². The molecule has 2 aromatic rings. The van der Waals surface area contributed by atoms with Crippen LogP contribution in [0.4, 0.5) is 11.4 Å². The van der Waals surface area contributed by atoms with Gasteiger partial charge in [-0.3, -0.25) is 4.90 Å². The molecule has 0 spiro atoms. The number of rotatable bonds is 4. The van der Waals surface area contributed by atoms with Gasteiger partial charge in [-0.2, -0.15) is 0 Å². The summed E-state index contributed by atoms with van der Waals surface area (Å²) in [5, 5.41) is 0. The smallest absolute Gasteiger partial charge is 0.243 e. The number of nitrogens with two attached hydrogens (primary N) is 1. The maximum absolute atomic E-state index is 5.74. The molecule has 0 unspecified atom stereocenters. The minimum absolute atomic E-state index is 0. The monoisotopic (exact) mass is 321 g/mol. The Morgan fingerprint density at radius 3 is 2.32 bits per heavy atom. The highest BCUT2D eigenvalue weighted by Gasteiger charge is 2.17. The number of nitrogens with zero attached hydrogens (tertiary/aromatic N) is 4. The quantitative estimate of drug-likeness (QED) is 0.510. The van der Waals surface area contributed by atoms with E-state index in [-0.39, 0.29) is 12.4 Å². The number of nitrogen functional groups attached to an aromatic ring is 1. The Labute approximate surface area is 138 Å². The molecule has 1 saturated heterocycles. The van der Waals surface area contributed by atoms with Gasteiger partial charge in [0.05, 0.1) is 7.05 Å². The number of piperazine rings is 1. The second-order valence-corrected chi connectivity index (χ2v) is 5.74. The van der Waals surface area contributed by atoms with E-state index < -0.39 is 0 Å². The van der Waals surface area contributed by atoms with Gasteiger partial charge < -0.3 is 23.0 Å². The number of aromatic nitrogens is 2. The molecule has 6 heteroatoms. The molecule has 1 aliphatic rings. The Kier molecular flexibility index (Phi) is 5.69. The molecule has 0 bridgehead atoms. The molecule has 120 valence electrons. The first-order valence-electron chi connectivity index (χ1n) is 7.54. The fourth-order valence-corrected chi connectivity index (χ4v) is 2.81. The van der Waals surface area contributed by atoms with E-state index in [0.717, 1.165) is 45.0 Å². The molecule has 1 aromatic heterocycles. The van der Waals surface area contributed by atoms with E-state index in [0.29, 0.717) is 0 Å². The first kappa shape index (κ1) is 16.6. The zero-order chi connectivity index (χ0) is 14.7. The molecule has 0 atom stereocenters. The number of hydrogen-bond donors (Lipinski definition) is 1. The summed E-state index contributed by atoms with van der Waals surface area (Å²) in [6.45, 7) is 6.59. The van der Waals surface area contributed by atoms with Crippen molar-refractivity contribution >= 4 is 11.4 Å². The van der Waals surface area contributed by atoms with Crippen LogP contribution in [-0.2, 0) is 13.6 Å². The van der Waals surface area contributed by atoms with Gasteiger partial charge in [-0.1, -0.05) is 0 Å². The summed E-state index contributed by atoms with van der Waals surface area (Å²) in [4.78, 5) is 4.97. The Balaban J connectivity index is 0.00000176. The van der Waals surface area contributed by atoms with Crippen LogP contribution in [0, 0.1) is 0 Å². The average Bonchev–Trinajstić information content (AvgIpc) is 2.92. The summed E-state index contributed by atoms with van der Waals surface area (Å²) in [7, 11) is 2.06. The molecule has 0 aliphatic carbocycles. The van der Waals surface area contributed by atoms with Gasteiger partial charge in [0.2, 0.25) is 6.33 Å². The average molecular weight is 322 g/mol. The number of imidazole rings is 1. The summed E-state index contributed by atoms with van der Waals surface area (Å²) in [5.74, 6) is 0. The second-order valence-electron chi connectivity index (χ2n) is 5.74. The number of benzene rings is 1. The zero-order valence-electron chi connectivity index (χ0n) is 13.0. The Morgan fingerprint density at radius 2 is 1.73 bits per heavy atom. The van der Waals surface area contributed by atoms with Crippen LogP contribution >= 0.6 is 0 Å². The molecule has 22 heavy (non-hydrogen) atoms. The Morgan fingerprint density at radius 1 is 1.05 bits per heavy atom. The van der Waals surface area contributed by atoms with Crippen LogP contribution in [0.5, 0.6) is 0 Å². The van der Waals surface area contributed by atoms with Crippen LogP contribution in [0.2, 0.25) is 0 Å². The summed E-state index contributed by atoms with van der Waals surface area (Å²) in [5.41, 5.74) is 7.85. The SMILES string of the molecule is C[n+]1ccn(CCN2CCN(c3ccc(N)cc3)CC2)c1.[Cl-]. The first-order chi connectivity index (χ1) is 10.2. The third kappa shape index (κ3) is 4.15. The van der Waals surface area contributed by atoms with Crippen molar-refractivity contribution in [1.82, 2.24) is 9.47 Å². The fourth-order valence-electron chi connectivity index (χ4n) is 2.81. The number of aryl methyl sites for hydroxylation is 1. The van der Waals surface area contributed by atoms with Crippen LogP contribution < -0.4 is 27.6 Å². The van der Waals surface area contributed by atoms with Gasteiger partial charge in [-0.15, -0.1) is 0 Å². The van der Waals surface area contributed by atoms with Crippen molar-refractivity contribution in [3.63, 3.8) is 0 Å². The van der Waals surface area contributed by atoms with Crippen molar-refractivity contribution in [1.29, 1.82) is 0 Å². The minimum Gasteiger partial charge on any atom is -1.00 e. The highest BCUT2D eigenvalue weighted by molar-refractivity contribution is 5.53. The predicted molar refractivity (Wildman–Crippen MR) is 85.1 cm³/mol. The highest BCUT2D eigenvalue weighted by Crippen LogP contribution is 2.17. The third-order valence-corrected chi connectivity index (χ3v) is 4.13. The van der Waals surface area contributed by atoms with E-state index in [1.54, 1.807) is 0 Å². The van der Waals surface area contributed by atoms with Crippen LogP contribution in [0.1, 0.15) is 0 Å². The molecule has 2 N–H and O–H groups in total. The van der Waals surface area contributed by atoms with Gasteiger partial charge in [-0.25, -0.2) is 9.13 Å². The van der Waals surface area contributed by atoms with Gasteiger partial charge in [0, 0.05) is 44.1 Å².